The molecular formula is C16H25FN2O3. The quantitative estimate of drug-likeness (QED) is 0.690. The molecule has 1 aromatic carbocycles. The molecule has 1 aromatic rings. The highest BCUT2D eigenvalue weighted by atomic mass is 19.1. The van der Waals surface area contributed by atoms with Gasteiger partial charge in [-0.3, -0.25) is 0 Å². The van der Waals surface area contributed by atoms with Crippen molar-refractivity contribution >= 4 is 6.03 Å². The second kappa shape index (κ2) is 9.25. The van der Waals surface area contributed by atoms with Crippen molar-refractivity contribution in [1.29, 1.82) is 0 Å². The monoisotopic (exact) mass is 312 g/mol. The molecule has 1 rings (SSSR count). The van der Waals surface area contributed by atoms with E-state index in [0.29, 0.717) is 0 Å². The molecule has 0 saturated heterocycles. The van der Waals surface area contributed by atoms with E-state index >= 15 is 0 Å². The molecule has 0 bridgehead atoms. The average Bonchev–Trinajstić information content (AvgIpc) is 2.52. The fraction of sp³-hybridized carbons (Fsp3) is 0.562. The number of carbonyl (C=O) groups is 1. The van der Waals surface area contributed by atoms with Gasteiger partial charge < -0.3 is 20.5 Å². The van der Waals surface area contributed by atoms with Crippen molar-refractivity contribution in [3.05, 3.63) is 30.1 Å². The van der Waals surface area contributed by atoms with E-state index < -0.39 is 11.9 Å². The van der Waals surface area contributed by atoms with Gasteiger partial charge in [-0.2, -0.15) is 0 Å². The van der Waals surface area contributed by atoms with Gasteiger partial charge in [0.05, 0.1) is 12.6 Å². The normalized spacial score (nSPS) is 14.8. The van der Waals surface area contributed by atoms with Crippen molar-refractivity contribution in [3.8, 4) is 5.75 Å². The fourth-order valence-electron chi connectivity index (χ4n) is 1.77. The number of ether oxygens (including phenoxy) is 1. The van der Waals surface area contributed by atoms with Crippen LogP contribution in [-0.4, -0.2) is 36.4 Å². The lowest BCUT2D eigenvalue weighted by atomic mass is 10.0. The first-order valence-corrected chi connectivity index (χ1v) is 7.55. The number of halogens is 1. The minimum absolute atomic E-state index is 0.128. The maximum atomic E-state index is 13.4. The molecule has 0 aliphatic rings. The minimum Gasteiger partial charge on any atom is -0.486 e. The zero-order chi connectivity index (χ0) is 16.5. The van der Waals surface area contributed by atoms with E-state index in [1.807, 2.05) is 13.8 Å². The molecule has 3 N–H and O–H groups in total. The molecule has 0 radical (unpaired) electrons. The molecule has 0 heterocycles. The Balaban J connectivity index is 2.27. The topological polar surface area (TPSA) is 70.6 Å². The number of amides is 2. The number of hydrogen-bond donors (Lipinski definition) is 3. The Morgan fingerprint density at radius 2 is 1.91 bits per heavy atom. The third-order valence-electron chi connectivity index (χ3n) is 3.49. The van der Waals surface area contributed by atoms with E-state index in [1.165, 1.54) is 12.1 Å². The Kier molecular flexibility index (Phi) is 7.66. The number of rotatable bonds is 8. The van der Waals surface area contributed by atoms with Crippen molar-refractivity contribution in [3.63, 3.8) is 0 Å². The van der Waals surface area contributed by atoms with E-state index in [2.05, 4.69) is 10.6 Å². The lowest BCUT2D eigenvalue weighted by molar-refractivity contribution is 0.114. The first kappa shape index (κ1) is 18.2. The molecule has 2 amide bonds. The summed E-state index contributed by atoms with van der Waals surface area (Å²) >= 11 is 0. The van der Waals surface area contributed by atoms with E-state index in [1.54, 1.807) is 19.1 Å². The molecule has 0 aromatic heterocycles. The van der Waals surface area contributed by atoms with E-state index in [4.69, 9.17) is 4.74 Å². The number of hydrogen-bond acceptors (Lipinski definition) is 3. The number of aliphatic hydroxyl groups excluding tert-OH is 1. The minimum atomic E-state index is -0.567. The molecule has 3 unspecified atom stereocenters. The molecule has 5 nitrogen and oxygen atoms in total. The van der Waals surface area contributed by atoms with Crippen LogP contribution in [0.5, 0.6) is 5.75 Å². The van der Waals surface area contributed by atoms with Gasteiger partial charge in [0.25, 0.3) is 0 Å². The number of urea groups is 1. The van der Waals surface area contributed by atoms with Crippen LogP contribution in [0.3, 0.4) is 0 Å². The molecule has 0 aliphatic carbocycles. The zero-order valence-corrected chi connectivity index (χ0v) is 13.3. The number of carbonyl (C=O) groups excluding carboxylic acids is 1. The third kappa shape index (κ3) is 6.30. The highest BCUT2D eigenvalue weighted by Gasteiger charge is 2.14. The van der Waals surface area contributed by atoms with Crippen LogP contribution in [-0.2, 0) is 0 Å². The molecule has 124 valence electrons. The van der Waals surface area contributed by atoms with Crippen LogP contribution in [0.15, 0.2) is 24.3 Å². The molecule has 0 fully saturated rings. The Hall–Kier alpha value is -1.82. The summed E-state index contributed by atoms with van der Waals surface area (Å²) in [4.78, 5) is 11.6. The van der Waals surface area contributed by atoms with Gasteiger partial charge in [0.15, 0.2) is 11.6 Å². The lowest BCUT2D eigenvalue weighted by Crippen LogP contribution is -2.44. The van der Waals surface area contributed by atoms with Crippen molar-refractivity contribution in [2.45, 2.75) is 39.4 Å². The predicted molar refractivity (Wildman–Crippen MR) is 83.4 cm³/mol. The summed E-state index contributed by atoms with van der Waals surface area (Å²) in [5.74, 6) is -0.150. The lowest BCUT2D eigenvalue weighted by Gasteiger charge is -2.19. The molecule has 0 spiro atoms. The molecule has 6 heteroatoms. The second-order valence-corrected chi connectivity index (χ2v) is 5.40. The molecule has 0 aliphatic heterocycles. The van der Waals surface area contributed by atoms with Crippen molar-refractivity contribution in [2.24, 2.45) is 5.92 Å². The van der Waals surface area contributed by atoms with E-state index in [-0.39, 0.29) is 36.9 Å². The third-order valence-corrected chi connectivity index (χ3v) is 3.49. The summed E-state index contributed by atoms with van der Waals surface area (Å²) in [6, 6.07) is 5.74. The van der Waals surface area contributed by atoms with Crippen LogP contribution in [0.2, 0.25) is 0 Å². The van der Waals surface area contributed by atoms with E-state index in [9.17, 15) is 14.3 Å². The van der Waals surface area contributed by atoms with Gasteiger partial charge in [0.1, 0.15) is 6.10 Å². The predicted octanol–water partition coefficient (Wildman–Crippen LogP) is 2.30. The van der Waals surface area contributed by atoms with Crippen molar-refractivity contribution in [1.82, 2.24) is 10.6 Å². The van der Waals surface area contributed by atoms with Gasteiger partial charge in [-0.25, -0.2) is 9.18 Å². The fourth-order valence-corrected chi connectivity index (χ4v) is 1.77. The Bertz CT molecular complexity index is 470. The summed E-state index contributed by atoms with van der Waals surface area (Å²) < 4.78 is 18.8. The summed E-state index contributed by atoms with van der Waals surface area (Å²) in [5, 5.41) is 15.0. The number of para-hydroxylation sites is 1. The molecule has 22 heavy (non-hydrogen) atoms. The Labute approximate surface area is 130 Å². The average molecular weight is 312 g/mol. The van der Waals surface area contributed by atoms with Crippen LogP contribution in [0.1, 0.15) is 27.2 Å². The van der Waals surface area contributed by atoms with Crippen LogP contribution in [0.25, 0.3) is 0 Å². The zero-order valence-electron chi connectivity index (χ0n) is 13.3. The van der Waals surface area contributed by atoms with E-state index in [0.717, 1.165) is 6.42 Å². The highest BCUT2D eigenvalue weighted by Crippen LogP contribution is 2.16. The molecular weight excluding hydrogens is 287 g/mol. The van der Waals surface area contributed by atoms with Gasteiger partial charge in [-0.05, 0) is 25.0 Å². The summed E-state index contributed by atoms with van der Waals surface area (Å²) in [5.41, 5.74) is 0. The summed E-state index contributed by atoms with van der Waals surface area (Å²) in [6.45, 7) is 6.08. The number of benzene rings is 1. The standard InChI is InChI=1S/C16H25FN2O3/c1-4-11(2)14(20)10-19-16(21)18-9-12(3)22-15-8-6-5-7-13(15)17/h5-8,11-12,14,20H,4,9-10H2,1-3H3,(H2,18,19,21). The van der Waals surface area contributed by atoms with Gasteiger partial charge in [-0.15, -0.1) is 0 Å². The summed E-state index contributed by atoms with van der Waals surface area (Å²) in [7, 11) is 0. The van der Waals surface area contributed by atoms with Gasteiger partial charge in [0, 0.05) is 6.54 Å². The molecule has 3 atom stereocenters. The Morgan fingerprint density at radius 3 is 2.55 bits per heavy atom. The Morgan fingerprint density at radius 1 is 1.27 bits per heavy atom. The second-order valence-electron chi connectivity index (χ2n) is 5.40. The van der Waals surface area contributed by atoms with Gasteiger partial charge in [0.2, 0.25) is 0 Å². The number of nitrogens with one attached hydrogen (secondary N) is 2. The smallest absolute Gasteiger partial charge is 0.315 e. The van der Waals surface area contributed by atoms with Crippen LogP contribution in [0, 0.1) is 11.7 Å². The van der Waals surface area contributed by atoms with Crippen molar-refractivity contribution in [2.75, 3.05) is 13.1 Å². The van der Waals surface area contributed by atoms with Gasteiger partial charge >= 0.3 is 6.03 Å². The number of aliphatic hydroxyl groups is 1. The first-order valence-electron chi connectivity index (χ1n) is 7.55. The highest BCUT2D eigenvalue weighted by molar-refractivity contribution is 5.73. The largest absolute Gasteiger partial charge is 0.486 e. The molecule has 0 saturated carbocycles. The van der Waals surface area contributed by atoms with Crippen LogP contribution >= 0.6 is 0 Å². The van der Waals surface area contributed by atoms with Gasteiger partial charge in [-0.1, -0.05) is 32.4 Å². The van der Waals surface area contributed by atoms with Crippen molar-refractivity contribution < 1.29 is 19.0 Å². The SMILES string of the molecule is CCC(C)C(O)CNC(=O)NCC(C)Oc1ccccc1F. The summed E-state index contributed by atoms with van der Waals surface area (Å²) in [6.07, 6.45) is -0.0946. The van der Waals surface area contributed by atoms with Crippen LogP contribution in [0.4, 0.5) is 9.18 Å². The van der Waals surface area contributed by atoms with Crippen LogP contribution < -0.4 is 15.4 Å². The maximum absolute atomic E-state index is 13.4. The maximum Gasteiger partial charge on any atom is 0.315 e. The first-order chi connectivity index (χ1) is 10.4.